The molecule has 0 amide bonds. The van der Waals surface area contributed by atoms with E-state index in [9.17, 15) is 0 Å². The summed E-state index contributed by atoms with van der Waals surface area (Å²) in [7, 11) is 1.60. The van der Waals surface area contributed by atoms with E-state index >= 15 is 0 Å². The smallest absolute Gasteiger partial charge is 0.170 e. The van der Waals surface area contributed by atoms with Crippen LogP contribution in [0.15, 0.2) is 28.8 Å². The van der Waals surface area contributed by atoms with Crippen molar-refractivity contribution in [1.82, 2.24) is 5.16 Å². The minimum absolute atomic E-state index is 0.534. The van der Waals surface area contributed by atoms with Gasteiger partial charge in [-0.1, -0.05) is 16.8 Å². The molecule has 0 aliphatic heterocycles. The van der Waals surface area contributed by atoms with Crippen molar-refractivity contribution in [2.24, 2.45) is 0 Å². The summed E-state index contributed by atoms with van der Waals surface area (Å²) in [5.74, 6) is 1.86. The molecule has 5 heteroatoms. The number of ether oxygens (including phenoxy) is 1. The fraction of sp³-hybridized carbons (Fsp3) is 0.182. The van der Waals surface area contributed by atoms with Crippen molar-refractivity contribution in [3.63, 3.8) is 0 Å². The normalized spacial score (nSPS) is 10.4. The van der Waals surface area contributed by atoms with E-state index < -0.39 is 0 Å². The highest BCUT2D eigenvalue weighted by Crippen LogP contribution is 2.32. The molecule has 0 N–H and O–H groups in total. The maximum absolute atomic E-state index is 5.93. The minimum Gasteiger partial charge on any atom is -0.496 e. The van der Waals surface area contributed by atoms with E-state index in [0.29, 0.717) is 22.3 Å². The first-order valence-electron chi connectivity index (χ1n) is 4.65. The van der Waals surface area contributed by atoms with E-state index in [1.54, 1.807) is 25.3 Å². The predicted octanol–water partition coefficient (Wildman–Crippen LogP) is 3.43. The van der Waals surface area contributed by atoms with Crippen LogP contribution in [0.5, 0.6) is 5.75 Å². The van der Waals surface area contributed by atoms with Crippen molar-refractivity contribution in [2.75, 3.05) is 7.11 Å². The van der Waals surface area contributed by atoms with Crippen molar-refractivity contribution in [2.45, 2.75) is 5.75 Å². The molecule has 0 saturated carbocycles. The summed E-state index contributed by atoms with van der Waals surface area (Å²) in [6, 6.07) is 7.16. The van der Waals surface area contributed by atoms with Crippen molar-refractivity contribution in [3.05, 3.63) is 35.0 Å². The number of hydrogen-bond donors (Lipinski definition) is 1. The van der Waals surface area contributed by atoms with Gasteiger partial charge in [0.25, 0.3) is 0 Å². The summed E-state index contributed by atoms with van der Waals surface area (Å²) in [6.45, 7) is 0. The molecule has 1 aromatic carbocycles. The molecule has 0 unspecified atom stereocenters. The first kappa shape index (κ1) is 11.4. The van der Waals surface area contributed by atoms with Gasteiger partial charge in [-0.2, -0.15) is 12.6 Å². The summed E-state index contributed by atoms with van der Waals surface area (Å²) in [5, 5.41) is 4.49. The molecule has 1 heterocycles. The fourth-order valence-corrected chi connectivity index (χ4v) is 1.71. The number of hydrogen-bond acceptors (Lipinski definition) is 4. The van der Waals surface area contributed by atoms with Crippen LogP contribution in [0.25, 0.3) is 11.3 Å². The van der Waals surface area contributed by atoms with Gasteiger partial charge in [-0.05, 0) is 18.2 Å². The lowest BCUT2D eigenvalue weighted by Gasteiger charge is -2.05. The lowest BCUT2D eigenvalue weighted by atomic mass is 10.1. The highest BCUT2D eigenvalue weighted by atomic mass is 35.5. The number of thiol groups is 1. The molecule has 84 valence electrons. The number of benzene rings is 1. The molecule has 3 nitrogen and oxygen atoms in total. The van der Waals surface area contributed by atoms with Crippen molar-refractivity contribution in [3.8, 4) is 17.1 Å². The molecule has 0 saturated heterocycles. The average Bonchev–Trinajstić information content (AvgIpc) is 2.77. The molecule has 0 spiro atoms. The van der Waals surface area contributed by atoms with E-state index in [1.807, 2.05) is 6.07 Å². The van der Waals surface area contributed by atoms with Gasteiger partial charge in [0.15, 0.2) is 5.76 Å². The molecular weight excluding hydrogens is 246 g/mol. The number of rotatable bonds is 3. The number of aromatic nitrogens is 1. The second-order valence-electron chi connectivity index (χ2n) is 3.19. The summed E-state index contributed by atoms with van der Waals surface area (Å²) in [6.07, 6.45) is 0. The maximum Gasteiger partial charge on any atom is 0.170 e. The predicted molar refractivity (Wildman–Crippen MR) is 66.2 cm³/mol. The van der Waals surface area contributed by atoms with Crippen LogP contribution in [-0.4, -0.2) is 12.3 Å². The van der Waals surface area contributed by atoms with Crippen LogP contribution < -0.4 is 4.74 Å². The van der Waals surface area contributed by atoms with Crippen molar-refractivity contribution in [1.29, 1.82) is 0 Å². The molecule has 16 heavy (non-hydrogen) atoms. The Balaban J connectivity index is 2.49. The van der Waals surface area contributed by atoms with Gasteiger partial charge in [0.1, 0.15) is 5.75 Å². The number of nitrogens with zero attached hydrogens (tertiary/aromatic N) is 1. The van der Waals surface area contributed by atoms with Crippen LogP contribution in [0.4, 0.5) is 0 Å². The van der Waals surface area contributed by atoms with Gasteiger partial charge in [-0.15, -0.1) is 0 Å². The molecule has 0 fully saturated rings. The molecule has 1 aromatic heterocycles. The monoisotopic (exact) mass is 255 g/mol. The summed E-state index contributed by atoms with van der Waals surface area (Å²) in [4.78, 5) is 0. The minimum atomic E-state index is 0.534. The van der Waals surface area contributed by atoms with Gasteiger partial charge in [0.05, 0.1) is 18.4 Å². The van der Waals surface area contributed by atoms with E-state index in [-0.39, 0.29) is 0 Å². The Bertz CT molecular complexity index is 498. The number of methoxy groups -OCH3 is 1. The molecule has 0 aliphatic rings. The first-order valence-corrected chi connectivity index (χ1v) is 5.66. The van der Waals surface area contributed by atoms with E-state index in [4.69, 9.17) is 20.9 Å². The quantitative estimate of drug-likeness (QED) is 0.854. The van der Waals surface area contributed by atoms with Gasteiger partial charge >= 0.3 is 0 Å². The van der Waals surface area contributed by atoms with E-state index in [0.717, 1.165) is 11.3 Å². The average molecular weight is 256 g/mol. The maximum atomic E-state index is 5.93. The topological polar surface area (TPSA) is 35.3 Å². The van der Waals surface area contributed by atoms with Gasteiger partial charge < -0.3 is 9.26 Å². The highest BCUT2D eigenvalue weighted by molar-refractivity contribution is 7.79. The van der Waals surface area contributed by atoms with Crippen LogP contribution in [0, 0.1) is 0 Å². The largest absolute Gasteiger partial charge is 0.496 e. The second-order valence-corrected chi connectivity index (χ2v) is 3.94. The standard InChI is InChI=1S/C11H10ClNO2S/c1-14-10-3-2-7(12)4-9(10)11-5-8(6-16)13-15-11/h2-5,16H,6H2,1H3. The highest BCUT2D eigenvalue weighted by Gasteiger charge is 2.11. The van der Waals surface area contributed by atoms with Crippen LogP contribution in [0.3, 0.4) is 0 Å². The molecule has 0 aliphatic carbocycles. The summed E-state index contributed by atoms with van der Waals surface area (Å²) >= 11 is 10.1. The first-order chi connectivity index (χ1) is 7.74. The molecular formula is C11H10ClNO2S. The Labute approximate surface area is 104 Å². The molecule has 2 aromatic rings. The third kappa shape index (κ3) is 2.18. The Morgan fingerprint density at radius 2 is 2.25 bits per heavy atom. The van der Waals surface area contributed by atoms with E-state index in [1.165, 1.54) is 0 Å². The fourth-order valence-electron chi connectivity index (χ4n) is 1.39. The lowest BCUT2D eigenvalue weighted by Crippen LogP contribution is -1.86. The zero-order valence-corrected chi connectivity index (χ0v) is 10.3. The van der Waals surface area contributed by atoms with Gasteiger partial charge in [0, 0.05) is 16.8 Å². The van der Waals surface area contributed by atoms with Gasteiger partial charge in [0.2, 0.25) is 0 Å². The van der Waals surface area contributed by atoms with Crippen LogP contribution in [0.1, 0.15) is 5.69 Å². The zero-order chi connectivity index (χ0) is 11.5. The summed E-state index contributed by atoms with van der Waals surface area (Å²) < 4.78 is 10.4. The Morgan fingerprint density at radius 3 is 2.88 bits per heavy atom. The van der Waals surface area contributed by atoms with Crippen LogP contribution in [-0.2, 0) is 5.75 Å². The molecule has 2 rings (SSSR count). The Kier molecular flexibility index (Phi) is 3.41. The van der Waals surface area contributed by atoms with Crippen molar-refractivity contribution >= 4 is 24.2 Å². The zero-order valence-electron chi connectivity index (χ0n) is 8.61. The Hall–Kier alpha value is -1.13. The molecule has 0 radical (unpaired) electrons. The van der Waals surface area contributed by atoms with E-state index in [2.05, 4.69) is 17.8 Å². The molecule has 0 bridgehead atoms. The third-order valence-electron chi connectivity index (χ3n) is 2.15. The number of halogens is 1. The summed E-state index contributed by atoms with van der Waals surface area (Å²) in [5.41, 5.74) is 1.57. The Morgan fingerprint density at radius 1 is 1.44 bits per heavy atom. The van der Waals surface area contributed by atoms with Crippen LogP contribution >= 0.6 is 24.2 Å². The third-order valence-corrected chi connectivity index (χ3v) is 2.71. The van der Waals surface area contributed by atoms with Crippen LogP contribution in [0.2, 0.25) is 5.02 Å². The van der Waals surface area contributed by atoms with Gasteiger partial charge in [-0.25, -0.2) is 0 Å². The second kappa shape index (κ2) is 4.80. The molecule has 0 atom stereocenters. The lowest BCUT2D eigenvalue weighted by molar-refractivity contribution is 0.404. The van der Waals surface area contributed by atoms with Gasteiger partial charge in [-0.3, -0.25) is 0 Å². The van der Waals surface area contributed by atoms with Crippen molar-refractivity contribution < 1.29 is 9.26 Å². The SMILES string of the molecule is COc1ccc(Cl)cc1-c1cc(CS)no1.